The first-order chi connectivity index (χ1) is 9.20. The largest absolute Gasteiger partial charge is 0.336 e. The summed E-state index contributed by atoms with van der Waals surface area (Å²) in [6, 6.07) is 11.1. The standard InChI is InChI=1S/C15H10F2N2/c16-12-2-1-3-13(17)15(12)19-7-6-11-8-10(9-18)4-5-14(11)19/h1-5,8H,6-7H2. The van der Waals surface area contributed by atoms with Gasteiger partial charge in [0.2, 0.25) is 0 Å². The molecule has 1 aliphatic rings. The monoisotopic (exact) mass is 256 g/mol. The predicted molar refractivity (Wildman–Crippen MR) is 68.2 cm³/mol. The van der Waals surface area contributed by atoms with E-state index in [4.69, 9.17) is 5.26 Å². The predicted octanol–water partition coefficient (Wildman–Crippen LogP) is 3.53. The van der Waals surface area contributed by atoms with E-state index < -0.39 is 11.6 Å². The minimum absolute atomic E-state index is 0.0223. The molecule has 0 atom stereocenters. The topological polar surface area (TPSA) is 27.0 Å². The third kappa shape index (κ3) is 1.84. The van der Waals surface area contributed by atoms with Crippen molar-refractivity contribution >= 4 is 11.4 Å². The van der Waals surface area contributed by atoms with Gasteiger partial charge in [0.05, 0.1) is 11.6 Å². The lowest BCUT2D eigenvalue weighted by atomic mass is 10.1. The van der Waals surface area contributed by atoms with Crippen LogP contribution in [0.5, 0.6) is 0 Å². The Balaban J connectivity index is 2.10. The fraction of sp³-hybridized carbons (Fsp3) is 0.133. The molecule has 1 aliphatic heterocycles. The zero-order chi connectivity index (χ0) is 13.4. The molecule has 0 spiro atoms. The van der Waals surface area contributed by atoms with Gasteiger partial charge in [-0.3, -0.25) is 0 Å². The van der Waals surface area contributed by atoms with Crippen molar-refractivity contribution in [3.05, 3.63) is 59.2 Å². The molecule has 2 aromatic carbocycles. The number of nitrogens with zero attached hydrogens (tertiary/aromatic N) is 2. The molecule has 94 valence electrons. The number of nitriles is 1. The van der Waals surface area contributed by atoms with E-state index in [0.29, 0.717) is 18.5 Å². The molecule has 0 N–H and O–H groups in total. The summed E-state index contributed by atoms with van der Waals surface area (Å²) in [5.41, 5.74) is 2.25. The van der Waals surface area contributed by atoms with Gasteiger partial charge >= 0.3 is 0 Å². The molecular formula is C15H10F2N2. The molecule has 0 saturated heterocycles. The van der Waals surface area contributed by atoms with E-state index in [2.05, 4.69) is 6.07 Å². The second-order valence-electron chi connectivity index (χ2n) is 4.43. The lowest BCUT2D eigenvalue weighted by molar-refractivity contribution is 0.582. The number of hydrogen-bond acceptors (Lipinski definition) is 2. The number of fused-ring (bicyclic) bond motifs is 1. The first kappa shape index (κ1) is 11.7. The van der Waals surface area contributed by atoms with Crippen LogP contribution in [0.4, 0.5) is 20.2 Å². The van der Waals surface area contributed by atoms with Crippen LogP contribution in [0.25, 0.3) is 0 Å². The third-order valence-corrected chi connectivity index (χ3v) is 3.31. The van der Waals surface area contributed by atoms with Crippen molar-refractivity contribution in [3.63, 3.8) is 0 Å². The molecule has 3 rings (SSSR count). The molecule has 2 aromatic rings. The van der Waals surface area contributed by atoms with Crippen molar-refractivity contribution in [1.82, 2.24) is 0 Å². The van der Waals surface area contributed by atoms with Crippen LogP contribution in [0.1, 0.15) is 11.1 Å². The highest BCUT2D eigenvalue weighted by atomic mass is 19.1. The average molecular weight is 256 g/mol. The minimum atomic E-state index is -0.572. The van der Waals surface area contributed by atoms with Crippen molar-refractivity contribution < 1.29 is 8.78 Å². The van der Waals surface area contributed by atoms with Crippen LogP contribution >= 0.6 is 0 Å². The zero-order valence-corrected chi connectivity index (χ0v) is 10.0. The highest BCUT2D eigenvalue weighted by Crippen LogP contribution is 2.37. The van der Waals surface area contributed by atoms with Gasteiger partial charge in [-0.1, -0.05) is 6.07 Å². The fourth-order valence-corrected chi connectivity index (χ4v) is 2.45. The van der Waals surface area contributed by atoms with Crippen LogP contribution in [0.2, 0.25) is 0 Å². The van der Waals surface area contributed by atoms with Gasteiger partial charge in [-0.25, -0.2) is 8.78 Å². The molecule has 19 heavy (non-hydrogen) atoms. The van der Waals surface area contributed by atoms with E-state index in [1.165, 1.54) is 18.2 Å². The van der Waals surface area contributed by atoms with Gasteiger partial charge < -0.3 is 4.90 Å². The fourth-order valence-electron chi connectivity index (χ4n) is 2.45. The van der Waals surface area contributed by atoms with Crippen LogP contribution in [-0.2, 0) is 6.42 Å². The van der Waals surface area contributed by atoms with E-state index in [9.17, 15) is 8.78 Å². The van der Waals surface area contributed by atoms with Gasteiger partial charge in [0.15, 0.2) is 0 Å². The smallest absolute Gasteiger partial charge is 0.149 e. The lowest BCUT2D eigenvalue weighted by Gasteiger charge is -2.20. The first-order valence-corrected chi connectivity index (χ1v) is 5.95. The van der Waals surface area contributed by atoms with E-state index in [1.807, 2.05) is 0 Å². The van der Waals surface area contributed by atoms with Gasteiger partial charge in [0.25, 0.3) is 0 Å². The molecule has 1 heterocycles. The Hall–Kier alpha value is -2.41. The van der Waals surface area contributed by atoms with Crippen molar-refractivity contribution in [2.75, 3.05) is 11.4 Å². The normalized spacial score (nSPS) is 13.2. The van der Waals surface area contributed by atoms with Gasteiger partial charge in [0.1, 0.15) is 17.3 Å². The van der Waals surface area contributed by atoms with Crippen molar-refractivity contribution in [2.24, 2.45) is 0 Å². The summed E-state index contributed by atoms with van der Waals surface area (Å²) in [6.07, 6.45) is 0.679. The summed E-state index contributed by atoms with van der Waals surface area (Å²) >= 11 is 0. The quantitative estimate of drug-likeness (QED) is 0.780. The van der Waals surface area contributed by atoms with Gasteiger partial charge in [-0.15, -0.1) is 0 Å². The second kappa shape index (κ2) is 4.36. The summed E-state index contributed by atoms with van der Waals surface area (Å²) in [4.78, 5) is 1.63. The van der Waals surface area contributed by atoms with Crippen LogP contribution in [0.15, 0.2) is 36.4 Å². The molecule has 0 bridgehead atoms. The molecular weight excluding hydrogens is 246 g/mol. The SMILES string of the molecule is N#Cc1ccc2c(c1)CCN2c1c(F)cccc1F. The Bertz CT molecular complexity index is 669. The summed E-state index contributed by atoms with van der Waals surface area (Å²) < 4.78 is 27.6. The summed E-state index contributed by atoms with van der Waals surface area (Å²) in [7, 11) is 0. The van der Waals surface area contributed by atoms with Crippen LogP contribution in [-0.4, -0.2) is 6.54 Å². The third-order valence-electron chi connectivity index (χ3n) is 3.31. The minimum Gasteiger partial charge on any atom is -0.336 e. The number of halogens is 2. The van der Waals surface area contributed by atoms with E-state index in [-0.39, 0.29) is 5.69 Å². The number of para-hydroxylation sites is 1. The molecule has 0 radical (unpaired) electrons. The Labute approximate surface area is 109 Å². The van der Waals surface area contributed by atoms with E-state index in [0.717, 1.165) is 11.3 Å². The molecule has 0 aliphatic carbocycles. The number of benzene rings is 2. The number of anilines is 2. The highest BCUT2D eigenvalue weighted by molar-refractivity contribution is 5.71. The van der Waals surface area contributed by atoms with Gasteiger partial charge in [-0.05, 0) is 42.3 Å². The maximum absolute atomic E-state index is 13.8. The molecule has 0 saturated carbocycles. The summed E-state index contributed by atoms with van der Waals surface area (Å²) in [6.45, 7) is 0.516. The van der Waals surface area contributed by atoms with Crippen molar-refractivity contribution in [1.29, 1.82) is 5.26 Å². The molecule has 2 nitrogen and oxygen atoms in total. The average Bonchev–Trinajstić information content (AvgIpc) is 2.81. The van der Waals surface area contributed by atoms with Gasteiger partial charge in [0, 0.05) is 12.2 Å². The highest BCUT2D eigenvalue weighted by Gasteiger charge is 2.25. The summed E-state index contributed by atoms with van der Waals surface area (Å²) in [5, 5.41) is 8.86. The molecule has 0 amide bonds. The van der Waals surface area contributed by atoms with E-state index >= 15 is 0 Å². The molecule has 0 aromatic heterocycles. The van der Waals surface area contributed by atoms with E-state index in [1.54, 1.807) is 23.1 Å². The van der Waals surface area contributed by atoms with Crippen LogP contribution in [0.3, 0.4) is 0 Å². The maximum Gasteiger partial charge on any atom is 0.149 e. The Morgan fingerprint density at radius 3 is 2.53 bits per heavy atom. The first-order valence-electron chi connectivity index (χ1n) is 5.95. The second-order valence-corrected chi connectivity index (χ2v) is 4.43. The molecule has 0 fully saturated rings. The number of hydrogen-bond donors (Lipinski definition) is 0. The van der Waals surface area contributed by atoms with Crippen LogP contribution in [0, 0.1) is 23.0 Å². The lowest BCUT2D eigenvalue weighted by Crippen LogP contribution is -2.16. The molecule has 0 unspecified atom stereocenters. The molecule has 4 heteroatoms. The maximum atomic E-state index is 13.8. The Morgan fingerprint density at radius 2 is 1.84 bits per heavy atom. The zero-order valence-electron chi connectivity index (χ0n) is 10.0. The van der Waals surface area contributed by atoms with Gasteiger partial charge in [-0.2, -0.15) is 5.26 Å². The Morgan fingerprint density at radius 1 is 1.11 bits per heavy atom. The Kier molecular flexibility index (Phi) is 2.68. The van der Waals surface area contributed by atoms with Crippen molar-refractivity contribution in [3.8, 4) is 6.07 Å². The van der Waals surface area contributed by atoms with Crippen molar-refractivity contribution in [2.45, 2.75) is 6.42 Å². The summed E-state index contributed by atoms with van der Waals surface area (Å²) in [5.74, 6) is -1.14. The number of rotatable bonds is 1. The van der Waals surface area contributed by atoms with Crippen LogP contribution < -0.4 is 4.90 Å².